The topological polar surface area (TPSA) is 9.23 Å². The summed E-state index contributed by atoms with van der Waals surface area (Å²) in [5.41, 5.74) is 3.04. The van der Waals surface area contributed by atoms with Gasteiger partial charge < -0.3 is 4.74 Å². The Balaban J connectivity index is 1.99. The second-order valence-electron chi connectivity index (χ2n) is 4.37. The molecule has 2 aromatic rings. The van der Waals surface area contributed by atoms with Crippen molar-refractivity contribution < 1.29 is 9.13 Å². The highest BCUT2D eigenvalue weighted by Crippen LogP contribution is 2.17. The molecule has 0 aliphatic carbocycles. The van der Waals surface area contributed by atoms with Gasteiger partial charge in [-0.15, -0.1) is 0 Å². The molecule has 94 valence electrons. The third-order valence-corrected chi connectivity index (χ3v) is 2.97. The van der Waals surface area contributed by atoms with E-state index < -0.39 is 0 Å². The Labute approximate surface area is 107 Å². The smallest absolute Gasteiger partial charge is 0.126 e. The van der Waals surface area contributed by atoms with Gasteiger partial charge in [0.05, 0.1) is 0 Å². The van der Waals surface area contributed by atoms with Crippen LogP contribution in [0.25, 0.3) is 0 Å². The summed E-state index contributed by atoms with van der Waals surface area (Å²) in [5, 5.41) is 0. The first-order valence-corrected chi connectivity index (χ1v) is 6.16. The highest BCUT2D eigenvalue weighted by Gasteiger charge is 2.00. The highest BCUT2D eigenvalue weighted by molar-refractivity contribution is 5.29. The standard InChI is InChI=1S/C16H17FO/c1-3-13-4-6-14(7-5-13)11-18-15-8-9-16(17)12(2)10-15/h4-10H,3,11H2,1-2H3. The van der Waals surface area contributed by atoms with E-state index in [1.54, 1.807) is 19.1 Å². The van der Waals surface area contributed by atoms with Crippen LogP contribution in [0, 0.1) is 12.7 Å². The van der Waals surface area contributed by atoms with E-state index in [9.17, 15) is 4.39 Å². The fourth-order valence-electron chi connectivity index (χ4n) is 1.74. The summed E-state index contributed by atoms with van der Waals surface area (Å²) in [6.45, 7) is 4.38. The van der Waals surface area contributed by atoms with E-state index in [0.29, 0.717) is 17.9 Å². The van der Waals surface area contributed by atoms with Gasteiger partial charge >= 0.3 is 0 Å². The van der Waals surface area contributed by atoms with Crippen LogP contribution in [0.4, 0.5) is 4.39 Å². The van der Waals surface area contributed by atoms with Crippen molar-refractivity contribution in [2.45, 2.75) is 26.9 Å². The zero-order valence-corrected chi connectivity index (χ0v) is 10.7. The van der Waals surface area contributed by atoms with E-state index in [1.165, 1.54) is 11.6 Å². The van der Waals surface area contributed by atoms with Gasteiger partial charge in [0, 0.05) is 0 Å². The van der Waals surface area contributed by atoms with Gasteiger partial charge in [0.1, 0.15) is 18.2 Å². The highest BCUT2D eigenvalue weighted by atomic mass is 19.1. The molecule has 0 aliphatic rings. The van der Waals surface area contributed by atoms with Crippen LogP contribution in [-0.2, 0) is 13.0 Å². The number of benzene rings is 2. The Morgan fingerprint density at radius 2 is 1.67 bits per heavy atom. The third kappa shape index (κ3) is 3.10. The fraction of sp³-hybridized carbons (Fsp3) is 0.250. The fourth-order valence-corrected chi connectivity index (χ4v) is 1.74. The molecule has 0 spiro atoms. The molecule has 0 atom stereocenters. The number of aryl methyl sites for hydroxylation is 2. The Bertz CT molecular complexity index is 517. The second kappa shape index (κ2) is 5.67. The summed E-state index contributed by atoms with van der Waals surface area (Å²) >= 11 is 0. The quantitative estimate of drug-likeness (QED) is 0.780. The van der Waals surface area contributed by atoms with Gasteiger partial charge in [-0.05, 0) is 48.2 Å². The van der Waals surface area contributed by atoms with Crippen LogP contribution < -0.4 is 4.74 Å². The Kier molecular flexibility index (Phi) is 3.98. The molecule has 0 radical (unpaired) electrons. The van der Waals surface area contributed by atoms with Gasteiger partial charge in [-0.25, -0.2) is 4.39 Å². The van der Waals surface area contributed by atoms with Gasteiger partial charge in [-0.1, -0.05) is 31.2 Å². The maximum absolute atomic E-state index is 13.1. The summed E-state index contributed by atoms with van der Waals surface area (Å²) in [5.74, 6) is 0.503. The summed E-state index contributed by atoms with van der Waals surface area (Å²) in [6, 6.07) is 13.1. The van der Waals surface area contributed by atoms with E-state index >= 15 is 0 Å². The number of rotatable bonds is 4. The van der Waals surface area contributed by atoms with Crippen LogP contribution in [0.2, 0.25) is 0 Å². The van der Waals surface area contributed by atoms with Crippen molar-refractivity contribution in [2.24, 2.45) is 0 Å². The molecule has 0 heterocycles. The van der Waals surface area contributed by atoms with Crippen molar-refractivity contribution in [3.63, 3.8) is 0 Å². The van der Waals surface area contributed by atoms with E-state index in [1.807, 2.05) is 0 Å². The molecule has 0 saturated carbocycles. The first-order valence-electron chi connectivity index (χ1n) is 6.16. The lowest BCUT2D eigenvalue weighted by Gasteiger charge is -2.08. The van der Waals surface area contributed by atoms with Gasteiger partial charge in [0.15, 0.2) is 0 Å². The molecule has 2 heteroatoms. The molecule has 0 unspecified atom stereocenters. The van der Waals surface area contributed by atoms with Crippen LogP contribution in [-0.4, -0.2) is 0 Å². The van der Waals surface area contributed by atoms with Gasteiger partial charge in [0.2, 0.25) is 0 Å². The number of halogens is 1. The minimum Gasteiger partial charge on any atom is -0.489 e. The molecular weight excluding hydrogens is 227 g/mol. The maximum atomic E-state index is 13.1. The maximum Gasteiger partial charge on any atom is 0.126 e. The average Bonchev–Trinajstić information content (AvgIpc) is 2.41. The normalized spacial score (nSPS) is 10.4. The molecule has 0 amide bonds. The lowest BCUT2D eigenvalue weighted by molar-refractivity contribution is 0.305. The van der Waals surface area contributed by atoms with E-state index in [4.69, 9.17) is 4.74 Å². The van der Waals surface area contributed by atoms with Crippen LogP contribution in [0.3, 0.4) is 0 Å². The number of hydrogen-bond acceptors (Lipinski definition) is 1. The zero-order valence-electron chi connectivity index (χ0n) is 10.7. The summed E-state index contributed by atoms with van der Waals surface area (Å²) in [7, 11) is 0. The van der Waals surface area contributed by atoms with Gasteiger partial charge in [-0.3, -0.25) is 0 Å². The number of hydrogen-bond donors (Lipinski definition) is 0. The summed E-state index contributed by atoms with van der Waals surface area (Å²) < 4.78 is 18.7. The van der Waals surface area contributed by atoms with Crippen molar-refractivity contribution in [1.29, 1.82) is 0 Å². The minimum atomic E-state index is -0.199. The first-order chi connectivity index (χ1) is 8.69. The van der Waals surface area contributed by atoms with Crippen molar-refractivity contribution in [1.82, 2.24) is 0 Å². The molecule has 18 heavy (non-hydrogen) atoms. The van der Waals surface area contributed by atoms with Gasteiger partial charge in [-0.2, -0.15) is 0 Å². The molecule has 0 fully saturated rings. The molecule has 0 aliphatic heterocycles. The molecule has 1 nitrogen and oxygen atoms in total. The van der Waals surface area contributed by atoms with Crippen molar-refractivity contribution >= 4 is 0 Å². The number of ether oxygens (including phenoxy) is 1. The molecule has 0 N–H and O–H groups in total. The molecule has 2 rings (SSSR count). The Morgan fingerprint density at radius 3 is 2.28 bits per heavy atom. The molecule has 2 aromatic carbocycles. The Morgan fingerprint density at radius 1 is 1.00 bits per heavy atom. The van der Waals surface area contributed by atoms with E-state index in [0.717, 1.165) is 12.0 Å². The minimum absolute atomic E-state index is 0.199. The Hall–Kier alpha value is -1.83. The summed E-state index contributed by atoms with van der Waals surface area (Å²) in [6.07, 6.45) is 1.04. The summed E-state index contributed by atoms with van der Waals surface area (Å²) in [4.78, 5) is 0. The molecule has 0 bridgehead atoms. The third-order valence-electron chi connectivity index (χ3n) is 2.97. The van der Waals surface area contributed by atoms with Gasteiger partial charge in [0.25, 0.3) is 0 Å². The van der Waals surface area contributed by atoms with E-state index in [-0.39, 0.29) is 5.82 Å². The monoisotopic (exact) mass is 244 g/mol. The largest absolute Gasteiger partial charge is 0.489 e. The van der Waals surface area contributed by atoms with Crippen LogP contribution in [0.5, 0.6) is 5.75 Å². The lowest BCUT2D eigenvalue weighted by atomic mass is 10.1. The first kappa shape index (κ1) is 12.6. The van der Waals surface area contributed by atoms with Crippen LogP contribution in [0.15, 0.2) is 42.5 Å². The van der Waals surface area contributed by atoms with Crippen molar-refractivity contribution in [3.05, 3.63) is 65.0 Å². The van der Waals surface area contributed by atoms with Crippen molar-refractivity contribution in [2.75, 3.05) is 0 Å². The van der Waals surface area contributed by atoms with Crippen molar-refractivity contribution in [3.8, 4) is 5.75 Å². The second-order valence-corrected chi connectivity index (χ2v) is 4.37. The van der Waals surface area contributed by atoms with Crippen LogP contribution >= 0.6 is 0 Å². The average molecular weight is 244 g/mol. The van der Waals surface area contributed by atoms with Crippen LogP contribution in [0.1, 0.15) is 23.6 Å². The molecular formula is C16H17FO. The lowest BCUT2D eigenvalue weighted by Crippen LogP contribution is -1.96. The SMILES string of the molecule is CCc1ccc(COc2ccc(F)c(C)c2)cc1. The molecule has 0 aromatic heterocycles. The predicted molar refractivity (Wildman–Crippen MR) is 71.3 cm³/mol. The predicted octanol–water partition coefficient (Wildman–Crippen LogP) is 4.28. The van der Waals surface area contributed by atoms with E-state index in [2.05, 4.69) is 31.2 Å². The zero-order chi connectivity index (χ0) is 13.0. The molecule has 0 saturated heterocycles.